The predicted octanol–water partition coefficient (Wildman–Crippen LogP) is 4.18. The molecule has 1 heterocycles. The number of hydrogen-bond donors (Lipinski definition) is 2. The molecule has 0 spiro atoms. The molecule has 1 unspecified atom stereocenters. The van der Waals surface area contributed by atoms with E-state index in [1.807, 2.05) is 6.07 Å². The van der Waals surface area contributed by atoms with E-state index >= 15 is 0 Å². The second kappa shape index (κ2) is 8.95. The predicted molar refractivity (Wildman–Crippen MR) is 111 cm³/mol. The highest BCUT2D eigenvalue weighted by molar-refractivity contribution is 9.10. The SMILES string of the molecule is O=C(Nc1ccc(Br)cc1F)C(Cc1ccccc1)NS(=O)(=O)c1cccs1. The van der Waals surface area contributed by atoms with Gasteiger partial charge in [-0.3, -0.25) is 4.79 Å². The molecule has 3 rings (SSSR count). The molecule has 1 amide bonds. The lowest BCUT2D eigenvalue weighted by Crippen LogP contribution is -2.45. The second-order valence-corrected chi connectivity index (χ2v) is 9.71. The van der Waals surface area contributed by atoms with E-state index in [2.05, 4.69) is 26.0 Å². The molecule has 2 N–H and O–H groups in total. The van der Waals surface area contributed by atoms with Crippen LogP contribution in [0.5, 0.6) is 0 Å². The van der Waals surface area contributed by atoms with E-state index in [1.54, 1.807) is 41.8 Å². The quantitative estimate of drug-likeness (QED) is 0.530. The molecule has 1 aromatic heterocycles. The zero-order chi connectivity index (χ0) is 20.1. The van der Waals surface area contributed by atoms with E-state index in [0.717, 1.165) is 16.9 Å². The van der Waals surface area contributed by atoms with Crippen LogP contribution in [0.3, 0.4) is 0 Å². The van der Waals surface area contributed by atoms with Crippen molar-refractivity contribution in [3.63, 3.8) is 0 Å². The lowest BCUT2D eigenvalue weighted by molar-refractivity contribution is -0.117. The van der Waals surface area contributed by atoms with Crippen molar-refractivity contribution in [1.29, 1.82) is 0 Å². The summed E-state index contributed by atoms with van der Waals surface area (Å²) in [6.45, 7) is 0. The molecule has 1 atom stereocenters. The third-order valence-electron chi connectivity index (χ3n) is 3.85. The van der Waals surface area contributed by atoms with Crippen LogP contribution >= 0.6 is 27.3 Å². The Morgan fingerprint density at radius 1 is 1.11 bits per heavy atom. The third kappa shape index (κ3) is 5.26. The minimum Gasteiger partial charge on any atom is -0.322 e. The van der Waals surface area contributed by atoms with Crippen molar-refractivity contribution >= 4 is 48.9 Å². The van der Waals surface area contributed by atoms with Gasteiger partial charge in [0.1, 0.15) is 16.1 Å². The van der Waals surface area contributed by atoms with Crippen LogP contribution in [0.15, 0.2) is 74.7 Å². The number of nitrogens with one attached hydrogen (secondary N) is 2. The van der Waals surface area contributed by atoms with Crippen LogP contribution in [0.25, 0.3) is 0 Å². The Balaban J connectivity index is 1.85. The number of anilines is 1. The summed E-state index contributed by atoms with van der Waals surface area (Å²) in [6, 6.07) is 15.2. The maximum atomic E-state index is 14.1. The second-order valence-electron chi connectivity index (χ2n) is 5.91. The first-order valence-electron chi connectivity index (χ1n) is 8.21. The Morgan fingerprint density at radius 2 is 1.86 bits per heavy atom. The van der Waals surface area contributed by atoms with Gasteiger partial charge in [0.2, 0.25) is 5.91 Å². The molecule has 28 heavy (non-hydrogen) atoms. The van der Waals surface area contributed by atoms with E-state index in [0.29, 0.717) is 4.47 Å². The maximum Gasteiger partial charge on any atom is 0.250 e. The lowest BCUT2D eigenvalue weighted by Gasteiger charge is -2.18. The Kier molecular flexibility index (Phi) is 6.61. The molecule has 0 aliphatic heterocycles. The molecule has 0 aliphatic rings. The van der Waals surface area contributed by atoms with Crippen LogP contribution in [0.4, 0.5) is 10.1 Å². The van der Waals surface area contributed by atoms with Gasteiger partial charge in [-0.25, -0.2) is 12.8 Å². The monoisotopic (exact) mass is 482 g/mol. The van der Waals surface area contributed by atoms with Gasteiger partial charge in [-0.15, -0.1) is 11.3 Å². The average molecular weight is 483 g/mol. The number of benzene rings is 2. The number of carbonyl (C=O) groups is 1. The molecular weight excluding hydrogens is 467 g/mol. The molecular formula is C19H16BrFN2O3S2. The van der Waals surface area contributed by atoms with Crippen LogP contribution < -0.4 is 10.0 Å². The van der Waals surface area contributed by atoms with Gasteiger partial charge >= 0.3 is 0 Å². The van der Waals surface area contributed by atoms with Crippen molar-refractivity contribution < 1.29 is 17.6 Å². The molecule has 0 aliphatic carbocycles. The minimum atomic E-state index is -3.88. The van der Waals surface area contributed by atoms with Gasteiger partial charge in [0.05, 0.1) is 5.69 Å². The summed E-state index contributed by atoms with van der Waals surface area (Å²) < 4.78 is 42.4. The smallest absolute Gasteiger partial charge is 0.250 e. The van der Waals surface area contributed by atoms with Gasteiger partial charge in [0.25, 0.3) is 10.0 Å². The van der Waals surface area contributed by atoms with Crippen molar-refractivity contribution in [3.05, 3.63) is 81.9 Å². The van der Waals surface area contributed by atoms with Gasteiger partial charge in [-0.1, -0.05) is 52.3 Å². The first-order valence-corrected chi connectivity index (χ1v) is 11.4. The van der Waals surface area contributed by atoms with Crippen LogP contribution in [0.1, 0.15) is 5.56 Å². The standard InChI is InChI=1S/C19H16BrFN2O3S2/c20-14-8-9-16(15(21)12-14)22-19(24)17(11-13-5-2-1-3-6-13)23-28(25,26)18-7-4-10-27-18/h1-10,12,17,23H,11H2,(H,22,24). The molecule has 0 saturated heterocycles. The highest BCUT2D eigenvalue weighted by atomic mass is 79.9. The average Bonchev–Trinajstić information content (AvgIpc) is 3.20. The lowest BCUT2D eigenvalue weighted by atomic mass is 10.1. The first-order chi connectivity index (χ1) is 13.3. The number of rotatable bonds is 7. The number of halogens is 2. The summed E-state index contributed by atoms with van der Waals surface area (Å²) in [4.78, 5) is 12.8. The van der Waals surface area contributed by atoms with Crippen LogP contribution in [0.2, 0.25) is 0 Å². The highest BCUT2D eigenvalue weighted by Gasteiger charge is 2.27. The minimum absolute atomic E-state index is 0.0263. The Labute approximate surface area is 174 Å². The molecule has 5 nitrogen and oxygen atoms in total. The molecule has 0 fully saturated rings. The summed E-state index contributed by atoms with van der Waals surface area (Å²) in [6.07, 6.45) is 0.120. The number of sulfonamides is 1. The van der Waals surface area contributed by atoms with Crippen molar-refractivity contribution in [2.75, 3.05) is 5.32 Å². The van der Waals surface area contributed by atoms with Gasteiger partial charge in [-0.05, 0) is 41.6 Å². The maximum absolute atomic E-state index is 14.1. The summed E-state index contributed by atoms with van der Waals surface area (Å²) in [5, 5.41) is 4.10. The summed E-state index contributed by atoms with van der Waals surface area (Å²) in [5.41, 5.74) is 0.745. The van der Waals surface area contributed by atoms with Gasteiger partial charge in [-0.2, -0.15) is 4.72 Å². The van der Waals surface area contributed by atoms with Crippen LogP contribution in [0, 0.1) is 5.82 Å². The van der Waals surface area contributed by atoms with E-state index in [9.17, 15) is 17.6 Å². The Hall–Kier alpha value is -2.07. The molecule has 9 heteroatoms. The number of amides is 1. The zero-order valence-corrected chi connectivity index (χ0v) is 17.7. The van der Waals surface area contributed by atoms with E-state index in [1.165, 1.54) is 18.2 Å². The topological polar surface area (TPSA) is 75.3 Å². The molecule has 0 radical (unpaired) electrons. The van der Waals surface area contributed by atoms with E-state index < -0.39 is 27.8 Å². The van der Waals surface area contributed by atoms with Crippen molar-refractivity contribution in [2.24, 2.45) is 0 Å². The molecule has 146 valence electrons. The summed E-state index contributed by atoms with van der Waals surface area (Å²) in [5.74, 6) is -1.27. The molecule has 0 bridgehead atoms. The molecule has 2 aromatic carbocycles. The van der Waals surface area contributed by atoms with Crippen molar-refractivity contribution in [3.8, 4) is 0 Å². The Morgan fingerprint density at radius 3 is 2.50 bits per heavy atom. The zero-order valence-electron chi connectivity index (χ0n) is 14.4. The van der Waals surface area contributed by atoms with Gasteiger partial charge in [0.15, 0.2) is 0 Å². The highest BCUT2D eigenvalue weighted by Crippen LogP contribution is 2.21. The van der Waals surface area contributed by atoms with Crippen molar-refractivity contribution in [2.45, 2.75) is 16.7 Å². The fourth-order valence-corrected chi connectivity index (χ4v) is 5.05. The largest absolute Gasteiger partial charge is 0.322 e. The Bertz CT molecular complexity index is 1060. The van der Waals surface area contributed by atoms with E-state index in [-0.39, 0.29) is 16.3 Å². The molecule has 0 saturated carbocycles. The number of thiophene rings is 1. The number of carbonyl (C=O) groups excluding carboxylic acids is 1. The number of hydrogen-bond acceptors (Lipinski definition) is 4. The van der Waals surface area contributed by atoms with Crippen molar-refractivity contribution in [1.82, 2.24) is 4.72 Å². The third-order valence-corrected chi connectivity index (χ3v) is 7.21. The van der Waals surface area contributed by atoms with Crippen LogP contribution in [-0.4, -0.2) is 20.4 Å². The summed E-state index contributed by atoms with van der Waals surface area (Å²) in [7, 11) is -3.88. The normalized spacial score (nSPS) is 12.5. The van der Waals surface area contributed by atoms with Crippen LogP contribution in [-0.2, 0) is 21.2 Å². The van der Waals surface area contributed by atoms with Gasteiger partial charge in [0, 0.05) is 4.47 Å². The van der Waals surface area contributed by atoms with Gasteiger partial charge < -0.3 is 5.32 Å². The first kappa shape index (κ1) is 20.7. The molecule has 3 aromatic rings. The summed E-state index contributed by atoms with van der Waals surface area (Å²) >= 11 is 4.20. The fourth-order valence-electron chi connectivity index (χ4n) is 2.51. The fraction of sp³-hybridized carbons (Fsp3) is 0.105. The van der Waals surface area contributed by atoms with E-state index in [4.69, 9.17) is 0 Å².